The second-order valence-corrected chi connectivity index (χ2v) is 9.71. The molecule has 5 aromatic carbocycles. The summed E-state index contributed by atoms with van der Waals surface area (Å²) in [5.41, 5.74) is 5.01. The maximum atomic E-state index is 13.2. The number of rotatable bonds is 5. The van der Waals surface area contributed by atoms with Crippen LogP contribution in [0.2, 0.25) is 0 Å². The Kier molecular flexibility index (Phi) is 5.95. The van der Waals surface area contributed by atoms with Crippen molar-refractivity contribution in [3.63, 3.8) is 0 Å². The van der Waals surface area contributed by atoms with Gasteiger partial charge >= 0.3 is 12.1 Å². The third-order valence-electron chi connectivity index (χ3n) is 5.75. The lowest BCUT2D eigenvalue weighted by Crippen LogP contribution is -2.44. The fourth-order valence-electron chi connectivity index (χ4n) is 4.18. The summed E-state index contributed by atoms with van der Waals surface area (Å²) in [6, 6.07) is 22.7. The van der Waals surface area contributed by atoms with E-state index in [0.717, 1.165) is 32.3 Å². The zero-order chi connectivity index (χ0) is 25.3. The molecule has 182 valence electrons. The van der Waals surface area contributed by atoms with Crippen LogP contribution in [0.15, 0.2) is 83.8 Å². The van der Waals surface area contributed by atoms with E-state index in [4.69, 9.17) is 0 Å². The van der Waals surface area contributed by atoms with Crippen molar-refractivity contribution in [2.24, 2.45) is 0 Å². The van der Waals surface area contributed by atoms with Crippen LogP contribution in [0.4, 0.5) is 21.0 Å². The van der Waals surface area contributed by atoms with Crippen LogP contribution < -0.4 is 20.9 Å². The van der Waals surface area contributed by atoms with Gasteiger partial charge in [0.25, 0.3) is 10.0 Å². The zero-order valence-corrected chi connectivity index (χ0v) is 20.0. The van der Waals surface area contributed by atoms with E-state index in [-0.39, 0.29) is 11.5 Å². The van der Waals surface area contributed by atoms with Crippen LogP contribution in [0.1, 0.15) is 6.92 Å². The van der Waals surface area contributed by atoms with Gasteiger partial charge in [0.15, 0.2) is 0 Å². The molecule has 0 fully saturated rings. The Hall–Kier alpha value is -4.57. The van der Waals surface area contributed by atoms with Gasteiger partial charge in [-0.05, 0) is 64.2 Å². The predicted octanol–water partition coefficient (Wildman–Crippen LogP) is 5.17. The summed E-state index contributed by atoms with van der Waals surface area (Å²) in [6.45, 7) is 1.79. The van der Waals surface area contributed by atoms with Gasteiger partial charge in [0.1, 0.15) is 0 Å². The highest BCUT2D eigenvalue weighted by molar-refractivity contribution is 7.92. The van der Waals surface area contributed by atoms with Crippen LogP contribution in [-0.2, 0) is 14.8 Å². The van der Waals surface area contributed by atoms with Crippen LogP contribution in [0.5, 0.6) is 0 Å². The molecule has 0 saturated carbocycles. The molecule has 4 N–H and O–H groups in total. The van der Waals surface area contributed by atoms with Crippen molar-refractivity contribution in [1.82, 2.24) is 10.9 Å². The maximum absolute atomic E-state index is 13.2. The van der Waals surface area contributed by atoms with E-state index in [2.05, 4.69) is 31.7 Å². The lowest BCUT2D eigenvalue weighted by atomic mass is 9.94. The molecule has 9 nitrogen and oxygen atoms in total. The third-order valence-corrected chi connectivity index (χ3v) is 7.13. The first kappa shape index (κ1) is 23.2. The molecule has 0 bridgehead atoms. The van der Waals surface area contributed by atoms with Gasteiger partial charge in [-0.3, -0.25) is 4.72 Å². The molecular formula is C26H22N4O5S. The average Bonchev–Trinajstić information content (AvgIpc) is 2.87. The van der Waals surface area contributed by atoms with E-state index in [0.29, 0.717) is 11.4 Å². The predicted molar refractivity (Wildman–Crippen MR) is 140 cm³/mol. The summed E-state index contributed by atoms with van der Waals surface area (Å²) < 4.78 is 33.7. The largest absolute Gasteiger partial charge is 0.449 e. The normalized spacial score (nSPS) is 11.5. The molecule has 0 atom stereocenters. The number of amides is 3. The van der Waals surface area contributed by atoms with Crippen molar-refractivity contribution in [2.75, 3.05) is 16.6 Å². The van der Waals surface area contributed by atoms with E-state index in [9.17, 15) is 18.0 Å². The number of carbonyl (C=O) groups excluding carboxylic acids is 2. The van der Waals surface area contributed by atoms with Gasteiger partial charge in [0.05, 0.1) is 17.2 Å². The molecule has 0 radical (unpaired) electrons. The second kappa shape index (κ2) is 9.23. The average molecular weight is 503 g/mol. The number of hydrazine groups is 1. The van der Waals surface area contributed by atoms with Crippen molar-refractivity contribution < 1.29 is 22.7 Å². The zero-order valence-electron chi connectivity index (χ0n) is 19.2. The Morgan fingerprint density at radius 3 is 2.11 bits per heavy atom. The molecule has 0 spiro atoms. The highest BCUT2D eigenvalue weighted by Gasteiger charge is 2.18. The van der Waals surface area contributed by atoms with Gasteiger partial charge < -0.3 is 10.1 Å². The highest BCUT2D eigenvalue weighted by atomic mass is 32.2. The third kappa shape index (κ3) is 4.41. The molecule has 0 unspecified atom stereocenters. The topological polar surface area (TPSA) is 126 Å². The Balaban J connectivity index is 1.37. The van der Waals surface area contributed by atoms with Gasteiger partial charge in [-0.25, -0.2) is 28.9 Å². The minimum Gasteiger partial charge on any atom is -0.449 e. The number of carbonyl (C=O) groups is 2. The molecule has 10 heteroatoms. The van der Waals surface area contributed by atoms with E-state index >= 15 is 0 Å². The minimum absolute atomic E-state index is 0.0313. The molecule has 0 saturated heterocycles. The van der Waals surface area contributed by atoms with E-state index in [1.54, 1.807) is 13.0 Å². The summed E-state index contributed by atoms with van der Waals surface area (Å²) in [4.78, 5) is 23.2. The summed E-state index contributed by atoms with van der Waals surface area (Å²) in [7, 11) is -3.91. The molecule has 0 aliphatic carbocycles. The van der Waals surface area contributed by atoms with E-state index in [1.165, 1.54) is 24.3 Å². The standard InChI is InChI=1S/C26H22N4O5S/c1-2-35-26(32)29-28-25(31)27-19-10-12-20(13-11-19)36(33,34)30-22-15-9-18-7-6-16-4-3-5-17-8-14-21(22)24(18)23(16)17/h3-15,30H,2H2,1H3,(H,29,32)(H2,27,28,31). The molecule has 0 aliphatic heterocycles. The molecule has 0 aromatic heterocycles. The van der Waals surface area contributed by atoms with Crippen molar-refractivity contribution in [2.45, 2.75) is 11.8 Å². The summed E-state index contributed by atoms with van der Waals surface area (Å²) in [5, 5.41) is 8.62. The van der Waals surface area contributed by atoms with Crippen LogP contribution in [0.25, 0.3) is 32.3 Å². The highest BCUT2D eigenvalue weighted by Crippen LogP contribution is 2.38. The Labute approximate surface area is 206 Å². The molecule has 3 amide bonds. The molecule has 0 heterocycles. The van der Waals surface area contributed by atoms with Crippen LogP contribution in [0, 0.1) is 0 Å². The quantitative estimate of drug-likeness (QED) is 0.195. The lowest BCUT2D eigenvalue weighted by molar-refractivity contribution is 0.148. The smallest absolute Gasteiger partial charge is 0.426 e. The van der Waals surface area contributed by atoms with E-state index < -0.39 is 22.1 Å². The van der Waals surface area contributed by atoms with Gasteiger partial charge in [-0.1, -0.05) is 48.5 Å². The molecular weight excluding hydrogens is 480 g/mol. The number of urea groups is 1. The SMILES string of the molecule is CCOC(=O)NNC(=O)Nc1ccc(S(=O)(=O)Nc2ccc3ccc4cccc5ccc2c3c45)cc1. The summed E-state index contributed by atoms with van der Waals surface area (Å²) in [6.07, 6.45) is -0.799. The number of benzene rings is 5. The van der Waals surface area contributed by atoms with Crippen molar-refractivity contribution in [3.05, 3.63) is 78.9 Å². The van der Waals surface area contributed by atoms with E-state index in [1.807, 2.05) is 42.5 Å². The first-order valence-electron chi connectivity index (χ1n) is 11.1. The Morgan fingerprint density at radius 1 is 0.778 bits per heavy atom. The Bertz CT molecular complexity index is 1690. The van der Waals surface area contributed by atoms with Crippen molar-refractivity contribution >= 4 is 65.8 Å². The van der Waals surface area contributed by atoms with Gasteiger partial charge in [0, 0.05) is 11.1 Å². The molecule has 36 heavy (non-hydrogen) atoms. The van der Waals surface area contributed by atoms with Crippen LogP contribution in [0.3, 0.4) is 0 Å². The van der Waals surface area contributed by atoms with Gasteiger partial charge in [-0.15, -0.1) is 0 Å². The first-order chi connectivity index (χ1) is 17.4. The minimum atomic E-state index is -3.91. The van der Waals surface area contributed by atoms with Crippen molar-refractivity contribution in [3.8, 4) is 0 Å². The first-order valence-corrected chi connectivity index (χ1v) is 12.6. The van der Waals surface area contributed by atoms with Crippen LogP contribution >= 0.6 is 0 Å². The summed E-state index contributed by atoms with van der Waals surface area (Å²) in [5.74, 6) is 0. The maximum Gasteiger partial charge on any atom is 0.426 e. The summed E-state index contributed by atoms with van der Waals surface area (Å²) >= 11 is 0. The molecule has 5 aromatic rings. The fourth-order valence-corrected chi connectivity index (χ4v) is 5.26. The Morgan fingerprint density at radius 2 is 1.42 bits per heavy atom. The fraction of sp³-hybridized carbons (Fsp3) is 0.0769. The number of anilines is 2. The number of sulfonamides is 1. The number of ether oxygens (including phenoxy) is 1. The number of hydrogen-bond donors (Lipinski definition) is 4. The number of hydrogen-bond acceptors (Lipinski definition) is 5. The monoisotopic (exact) mass is 502 g/mol. The lowest BCUT2D eigenvalue weighted by Gasteiger charge is -2.15. The second-order valence-electron chi connectivity index (χ2n) is 8.02. The van der Waals surface area contributed by atoms with Gasteiger partial charge in [0.2, 0.25) is 0 Å². The van der Waals surface area contributed by atoms with Crippen LogP contribution in [-0.4, -0.2) is 27.1 Å². The number of nitrogens with one attached hydrogen (secondary N) is 4. The van der Waals surface area contributed by atoms with Crippen molar-refractivity contribution in [1.29, 1.82) is 0 Å². The molecule has 0 aliphatic rings. The van der Waals surface area contributed by atoms with Gasteiger partial charge in [-0.2, -0.15) is 0 Å². The molecule has 5 rings (SSSR count).